The van der Waals surface area contributed by atoms with Crippen molar-refractivity contribution in [2.24, 2.45) is 16.7 Å². The van der Waals surface area contributed by atoms with E-state index >= 15 is 0 Å². The van der Waals surface area contributed by atoms with E-state index in [1.54, 1.807) is 0 Å². The number of carbonyl (C=O) groups is 1. The molecule has 2 bridgehead atoms. The van der Waals surface area contributed by atoms with Gasteiger partial charge in [0.05, 0.1) is 0 Å². The summed E-state index contributed by atoms with van der Waals surface area (Å²) in [5.41, 5.74) is 0.910. The summed E-state index contributed by atoms with van der Waals surface area (Å²) in [5.74, 6) is 1.14. The lowest BCUT2D eigenvalue weighted by atomic mass is 9.68. The van der Waals surface area contributed by atoms with Gasteiger partial charge in [-0.3, -0.25) is 4.79 Å². The molecule has 2 N–H and O–H groups in total. The maximum Gasteiger partial charge on any atom is 0.220 e. The van der Waals surface area contributed by atoms with Gasteiger partial charge in [0.2, 0.25) is 5.91 Å². The molecule has 0 heterocycles. The zero-order valence-electron chi connectivity index (χ0n) is 13.3. The number of hydrogen-bond donors (Lipinski definition) is 2. The summed E-state index contributed by atoms with van der Waals surface area (Å²) < 4.78 is 0. The van der Waals surface area contributed by atoms with Crippen molar-refractivity contribution in [3.05, 3.63) is 0 Å². The predicted molar refractivity (Wildman–Crippen MR) is 81.4 cm³/mol. The minimum atomic E-state index is 0.243. The predicted octanol–water partition coefficient (Wildman–Crippen LogP) is 2.85. The summed E-state index contributed by atoms with van der Waals surface area (Å²) in [4.78, 5) is 11.7. The van der Waals surface area contributed by atoms with Crippen molar-refractivity contribution in [3.63, 3.8) is 0 Å². The Morgan fingerprint density at radius 1 is 1.20 bits per heavy atom. The Bertz CT molecular complexity index is 384. The van der Waals surface area contributed by atoms with Crippen molar-refractivity contribution in [3.8, 4) is 0 Å². The largest absolute Gasteiger partial charge is 0.353 e. The number of hydrogen-bond acceptors (Lipinski definition) is 2. The molecule has 3 fully saturated rings. The summed E-state index contributed by atoms with van der Waals surface area (Å²) in [6.07, 6.45) is 8.18. The van der Waals surface area contributed by atoms with Crippen molar-refractivity contribution in [2.45, 2.75) is 77.8 Å². The van der Waals surface area contributed by atoms with Crippen molar-refractivity contribution in [1.82, 2.24) is 10.6 Å². The molecule has 0 radical (unpaired) electrons. The molecule has 3 atom stereocenters. The van der Waals surface area contributed by atoms with E-state index in [1.165, 1.54) is 32.1 Å². The first-order valence-corrected chi connectivity index (χ1v) is 8.44. The quantitative estimate of drug-likeness (QED) is 0.734. The molecule has 3 saturated carbocycles. The van der Waals surface area contributed by atoms with Gasteiger partial charge in [0.25, 0.3) is 0 Å². The maximum absolute atomic E-state index is 11.7. The first-order chi connectivity index (χ1) is 9.42. The van der Waals surface area contributed by atoms with Crippen LogP contribution in [0.1, 0.15) is 65.7 Å². The van der Waals surface area contributed by atoms with Crippen LogP contribution in [0.3, 0.4) is 0 Å². The smallest absolute Gasteiger partial charge is 0.220 e. The van der Waals surface area contributed by atoms with Gasteiger partial charge in [0, 0.05) is 18.5 Å². The van der Waals surface area contributed by atoms with Gasteiger partial charge in [0.1, 0.15) is 0 Å². The minimum absolute atomic E-state index is 0.243. The van der Waals surface area contributed by atoms with Crippen LogP contribution in [0.15, 0.2) is 0 Å². The Hall–Kier alpha value is -0.570. The van der Waals surface area contributed by atoms with Gasteiger partial charge in [0.15, 0.2) is 0 Å². The Morgan fingerprint density at radius 2 is 1.95 bits per heavy atom. The molecule has 114 valence electrons. The Labute approximate surface area is 123 Å². The zero-order valence-corrected chi connectivity index (χ0v) is 13.3. The lowest BCUT2D eigenvalue weighted by molar-refractivity contribution is -0.121. The highest BCUT2D eigenvalue weighted by Gasteiger charge is 2.58. The normalized spacial score (nSPS) is 38.1. The van der Waals surface area contributed by atoms with Crippen molar-refractivity contribution >= 4 is 5.91 Å². The lowest BCUT2D eigenvalue weighted by Gasteiger charge is -2.43. The van der Waals surface area contributed by atoms with Crippen molar-refractivity contribution in [2.75, 3.05) is 6.54 Å². The summed E-state index contributed by atoms with van der Waals surface area (Å²) >= 11 is 0. The molecule has 1 amide bonds. The Balaban J connectivity index is 1.42. The second kappa shape index (κ2) is 5.01. The zero-order chi connectivity index (χ0) is 14.4. The second-order valence-electron chi connectivity index (χ2n) is 8.25. The van der Waals surface area contributed by atoms with Crippen LogP contribution in [0.5, 0.6) is 0 Å². The van der Waals surface area contributed by atoms with E-state index in [9.17, 15) is 4.79 Å². The topological polar surface area (TPSA) is 41.1 Å². The second-order valence-corrected chi connectivity index (χ2v) is 8.25. The molecule has 1 unspecified atom stereocenters. The van der Waals surface area contributed by atoms with Crippen LogP contribution in [0, 0.1) is 16.7 Å². The van der Waals surface area contributed by atoms with E-state index in [0.29, 0.717) is 29.3 Å². The van der Waals surface area contributed by atoms with Crippen LogP contribution in [0.25, 0.3) is 0 Å². The average Bonchev–Trinajstić information content (AvgIpc) is 3.03. The molecular formula is C17H30N2O. The van der Waals surface area contributed by atoms with Crippen LogP contribution in [0.2, 0.25) is 0 Å². The monoisotopic (exact) mass is 278 g/mol. The summed E-state index contributed by atoms with van der Waals surface area (Å²) in [6, 6.07) is 1.12. The molecule has 0 aromatic carbocycles. The molecule has 0 aromatic heterocycles. The molecule has 0 saturated heterocycles. The molecule has 20 heavy (non-hydrogen) atoms. The van der Waals surface area contributed by atoms with E-state index in [4.69, 9.17) is 0 Å². The fraction of sp³-hybridized carbons (Fsp3) is 0.941. The first kappa shape index (κ1) is 14.4. The van der Waals surface area contributed by atoms with Crippen LogP contribution in [-0.2, 0) is 4.79 Å². The highest BCUT2D eigenvalue weighted by molar-refractivity contribution is 5.76. The number of fused-ring (bicyclic) bond motifs is 2. The van der Waals surface area contributed by atoms with E-state index in [1.807, 2.05) is 0 Å². The van der Waals surface area contributed by atoms with Crippen LogP contribution in [0.4, 0.5) is 0 Å². The van der Waals surface area contributed by atoms with Crippen LogP contribution >= 0.6 is 0 Å². The molecule has 0 aliphatic heterocycles. The molecule has 3 heteroatoms. The Kier molecular flexibility index (Phi) is 3.60. The molecule has 0 spiro atoms. The molecule has 3 nitrogen and oxygen atoms in total. The summed E-state index contributed by atoms with van der Waals surface area (Å²) in [6.45, 7) is 8.30. The summed E-state index contributed by atoms with van der Waals surface area (Å²) in [7, 11) is 0. The standard InChI is InChI=1S/C17H30N2O/c1-16(2)12-8-9-17(3,11-12)15(16)18-10-4-5-14(20)19-13-6-7-13/h12-13,15,18H,4-11H2,1-3H3,(H,19,20)/t12-,15?,17+/m0/s1. The fourth-order valence-electron chi connectivity index (χ4n) is 4.83. The van der Waals surface area contributed by atoms with Gasteiger partial charge in [-0.2, -0.15) is 0 Å². The van der Waals surface area contributed by atoms with Crippen LogP contribution in [-0.4, -0.2) is 24.5 Å². The van der Waals surface area contributed by atoms with Gasteiger partial charge in [-0.25, -0.2) is 0 Å². The third-order valence-electron chi connectivity index (χ3n) is 6.14. The highest BCUT2D eigenvalue weighted by Crippen LogP contribution is 2.62. The minimum Gasteiger partial charge on any atom is -0.353 e. The number of nitrogens with one attached hydrogen (secondary N) is 2. The van der Waals surface area contributed by atoms with E-state index in [0.717, 1.165) is 18.9 Å². The number of rotatable bonds is 6. The molecule has 3 rings (SSSR count). The number of amides is 1. The Morgan fingerprint density at radius 3 is 2.55 bits per heavy atom. The van der Waals surface area contributed by atoms with E-state index in [2.05, 4.69) is 31.4 Å². The molecule has 3 aliphatic carbocycles. The van der Waals surface area contributed by atoms with Gasteiger partial charge in [-0.05, 0) is 61.8 Å². The van der Waals surface area contributed by atoms with Gasteiger partial charge < -0.3 is 10.6 Å². The third-order valence-corrected chi connectivity index (χ3v) is 6.14. The fourth-order valence-corrected chi connectivity index (χ4v) is 4.83. The summed E-state index contributed by atoms with van der Waals surface area (Å²) in [5, 5.41) is 6.85. The van der Waals surface area contributed by atoms with Gasteiger partial charge in [-0.1, -0.05) is 20.8 Å². The lowest BCUT2D eigenvalue weighted by Crippen LogP contribution is -2.50. The highest BCUT2D eigenvalue weighted by atomic mass is 16.1. The van der Waals surface area contributed by atoms with Crippen molar-refractivity contribution < 1.29 is 4.79 Å². The average molecular weight is 278 g/mol. The SMILES string of the molecule is CC1(C)C(NCCCC(=O)NC2CC2)[C@]2(C)CC[C@H]1C2. The maximum atomic E-state index is 11.7. The van der Waals surface area contributed by atoms with E-state index < -0.39 is 0 Å². The molecular weight excluding hydrogens is 248 g/mol. The number of carbonyl (C=O) groups excluding carboxylic acids is 1. The van der Waals surface area contributed by atoms with Gasteiger partial charge >= 0.3 is 0 Å². The molecule has 3 aliphatic rings. The third kappa shape index (κ3) is 2.61. The van der Waals surface area contributed by atoms with Crippen LogP contribution < -0.4 is 10.6 Å². The van der Waals surface area contributed by atoms with E-state index in [-0.39, 0.29) is 5.91 Å². The van der Waals surface area contributed by atoms with Gasteiger partial charge in [-0.15, -0.1) is 0 Å². The van der Waals surface area contributed by atoms with Crippen molar-refractivity contribution in [1.29, 1.82) is 0 Å². The first-order valence-electron chi connectivity index (χ1n) is 8.44. The molecule has 0 aromatic rings.